The van der Waals surface area contributed by atoms with Crippen LogP contribution in [0.2, 0.25) is 0 Å². The average molecular weight is 418 g/mol. The van der Waals surface area contributed by atoms with Gasteiger partial charge in [-0.15, -0.1) is 0 Å². The van der Waals surface area contributed by atoms with E-state index in [1.54, 1.807) is 0 Å². The lowest BCUT2D eigenvalue weighted by Crippen LogP contribution is -2.23. The van der Waals surface area contributed by atoms with Crippen LogP contribution in [0.5, 0.6) is 0 Å². The largest absolute Gasteiger partial charge is 0.357 e. The summed E-state index contributed by atoms with van der Waals surface area (Å²) in [5, 5.41) is 6.22. The van der Waals surface area contributed by atoms with Gasteiger partial charge in [0.05, 0.1) is 0 Å². The van der Waals surface area contributed by atoms with E-state index in [4.69, 9.17) is 0 Å². The van der Waals surface area contributed by atoms with Gasteiger partial charge >= 0.3 is 0 Å². The van der Waals surface area contributed by atoms with Crippen molar-refractivity contribution in [2.45, 2.75) is 40.0 Å². The first-order chi connectivity index (χ1) is 15.1. The molecule has 0 aliphatic carbocycles. The SMILES string of the molecule is CCN(CC)c1cc(C)nc(Nc2ccc(NC(=O)CCCc3ccccc3)cc2)n1. The number of benzene rings is 2. The van der Waals surface area contributed by atoms with Crippen molar-refractivity contribution in [3.63, 3.8) is 0 Å². The fourth-order valence-corrected chi connectivity index (χ4v) is 3.40. The lowest BCUT2D eigenvalue weighted by molar-refractivity contribution is -0.116. The monoisotopic (exact) mass is 417 g/mol. The molecule has 31 heavy (non-hydrogen) atoms. The van der Waals surface area contributed by atoms with Gasteiger partial charge in [0, 0.05) is 42.6 Å². The van der Waals surface area contributed by atoms with Crippen molar-refractivity contribution >= 4 is 29.0 Å². The van der Waals surface area contributed by atoms with Crippen molar-refractivity contribution in [1.29, 1.82) is 0 Å². The number of aromatic nitrogens is 2. The number of carbonyl (C=O) groups excluding carboxylic acids is 1. The molecule has 1 heterocycles. The molecule has 1 amide bonds. The van der Waals surface area contributed by atoms with Gasteiger partial charge in [-0.3, -0.25) is 4.79 Å². The van der Waals surface area contributed by atoms with E-state index in [1.165, 1.54) is 5.56 Å². The molecule has 0 unspecified atom stereocenters. The fraction of sp³-hybridized carbons (Fsp3) is 0.320. The summed E-state index contributed by atoms with van der Waals surface area (Å²) < 4.78 is 0. The Morgan fingerprint density at radius 3 is 2.29 bits per heavy atom. The molecule has 0 radical (unpaired) electrons. The maximum Gasteiger partial charge on any atom is 0.229 e. The molecule has 2 aromatic carbocycles. The minimum absolute atomic E-state index is 0.0301. The number of amides is 1. The minimum Gasteiger partial charge on any atom is -0.357 e. The molecule has 162 valence electrons. The number of nitrogens with zero attached hydrogens (tertiary/aromatic N) is 3. The first kappa shape index (κ1) is 22.3. The molecule has 3 aromatic rings. The normalized spacial score (nSPS) is 10.5. The lowest BCUT2D eigenvalue weighted by atomic mass is 10.1. The van der Waals surface area contributed by atoms with Crippen LogP contribution in [0.15, 0.2) is 60.7 Å². The smallest absolute Gasteiger partial charge is 0.229 e. The summed E-state index contributed by atoms with van der Waals surface area (Å²) in [6.07, 6.45) is 2.23. The molecular weight excluding hydrogens is 386 g/mol. The highest BCUT2D eigenvalue weighted by Crippen LogP contribution is 2.20. The predicted molar refractivity (Wildman–Crippen MR) is 128 cm³/mol. The lowest BCUT2D eigenvalue weighted by Gasteiger charge is -2.20. The van der Waals surface area contributed by atoms with Gasteiger partial charge in [0.2, 0.25) is 11.9 Å². The third-order valence-corrected chi connectivity index (χ3v) is 5.07. The first-order valence-corrected chi connectivity index (χ1v) is 10.9. The van der Waals surface area contributed by atoms with Crippen LogP contribution in [-0.2, 0) is 11.2 Å². The van der Waals surface area contributed by atoms with Crippen molar-refractivity contribution in [3.8, 4) is 0 Å². The van der Waals surface area contributed by atoms with Crippen LogP contribution in [-0.4, -0.2) is 29.0 Å². The summed E-state index contributed by atoms with van der Waals surface area (Å²) in [5.41, 5.74) is 3.83. The number of rotatable bonds is 10. The molecule has 0 aliphatic heterocycles. The Labute approximate surface area is 184 Å². The van der Waals surface area contributed by atoms with Crippen molar-refractivity contribution in [1.82, 2.24) is 9.97 Å². The quantitative estimate of drug-likeness (QED) is 0.466. The van der Waals surface area contributed by atoms with E-state index in [0.717, 1.165) is 48.8 Å². The van der Waals surface area contributed by atoms with Crippen LogP contribution in [0.3, 0.4) is 0 Å². The molecule has 1 aromatic heterocycles. The Balaban J connectivity index is 1.53. The fourth-order valence-electron chi connectivity index (χ4n) is 3.40. The predicted octanol–water partition coefficient (Wildman–Crippen LogP) is 5.34. The molecule has 0 spiro atoms. The maximum atomic E-state index is 12.2. The molecule has 0 saturated carbocycles. The van der Waals surface area contributed by atoms with Gasteiger partial charge in [-0.1, -0.05) is 30.3 Å². The van der Waals surface area contributed by atoms with Gasteiger partial charge in [0.25, 0.3) is 0 Å². The number of nitrogens with one attached hydrogen (secondary N) is 2. The van der Waals surface area contributed by atoms with Crippen LogP contribution in [0, 0.1) is 6.92 Å². The van der Waals surface area contributed by atoms with Crippen molar-refractivity contribution in [2.75, 3.05) is 28.6 Å². The summed E-state index contributed by atoms with van der Waals surface area (Å²) in [7, 11) is 0. The second kappa shape index (κ2) is 11.1. The van der Waals surface area contributed by atoms with E-state index in [2.05, 4.69) is 51.5 Å². The van der Waals surface area contributed by atoms with Crippen LogP contribution in [0.4, 0.5) is 23.1 Å². The highest BCUT2D eigenvalue weighted by Gasteiger charge is 2.08. The van der Waals surface area contributed by atoms with Gasteiger partial charge in [-0.05, 0) is 63.4 Å². The van der Waals surface area contributed by atoms with Gasteiger partial charge in [-0.25, -0.2) is 4.98 Å². The molecule has 0 saturated heterocycles. The average Bonchev–Trinajstić information content (AvgIpc) is 2.76. The van der Waals surface area contributed by atoms with Gasteiger partial charge in [0.15, 0.2) is 0 Å². The second-order valence-corrected chi connectivity index (χ2v) is 7.45. The van der Waals surface area contributed by atoms with Gasteiger partial charge in [0.1, 0.15) is 5.82 Å². The second-order valence-electron chi connectivity index (χ2n) is 7.45. The molecule has 2 N–H and O–H groups in total. The maximum absolute atomic E-state index is 12.2. The number of aryl methyl sites for hydroxylation is 2. The van der Waals surface area contributed by atoms with Gasteiger partial charge < -0.3 is 15.5 Å². The third kappa shape index (κ3) is 6.81. The molecule has 0 atom stereocenters. The topological polar surface area (TPSA) is 70.2 Å². The van der Waals surface area contributed by atoms with Crippen LogP contribution in [0.1, 0.15) is 37.9 Å². The van der Waals surface area contributed by atoms with E-state index in [0.29, 0.717) is 12.4 Å². The van der Waals surface area contributed by atoms with E-state index in [9.17, 15) is 4.79 Å². The summed E-state index contributed by atoms with van der Waals surface area (Å²) in [4.78, 5) is 23.5. The minimum atomic E-state index is 0.0301. The Morgan fingerprint density at radius 2 is 1.61 bits per heavy atom. The van der Waals surface area contributed by atoms with Crippen LogP contribution >= 0.6 is 0 Å². The van der Waals surface area contributed by atoms with E-state index in [-0.39, 0.29) is 5.91 Å². The van der Waals surface area contributed by atoms with Gasteiger partial charge in [-0.2, -0.15) is 4.98 Å². The number of hydrogen-bond acceptors (Lipinski definition) is 5. The molecular formula is C25H31N5O. The number of hydrogen-bond donors (Lipinski definition) is 2. The Kier molecular flexibility index (Phi) is 7.98. The molecule has 0 fully saturated rings. The standard InChI is InChI=1S/C25H31N5O/c1-4-30(5-2)23-18-19(3)26-25(29-23)28-22-16-14-21(15-17-22)27-24(31)13-9-12-20-10-7-6-8-11-20/h6-8,10-11,14-18H,4-5,9,12-13H2,1-3H3,(H,27,31)(H,26,28,29). The molecule has 6 nitrogen and oxygen atoms in total. The van der Waals surface area contributed by atoms with Crippen LogP contribution in [0.25, 0.3) is 0 Å². The van der Waals surface area contributed by atoms with Crippen LogP contribution < -0.4 is 15.5 Å². The summed E-state index contributed by atoms with van der Waals surface area (Å²) >= 11 is 0. The Hall–Kier alpha value is -3.41. The molecule has 6 heteroatoms. The number of anilines is 4. The highest BCUT2D eigenvalue weighted by molar-refractivity contribution is 5.90. The highest BCUT2D eigenvalue weighted by atomic mass is 16.1. The number of carbonyl (C=O) groups is 1. The zero-order chi connectivity index (χ0) is 22.1. The summed E-state index contributed by atoms with van der Waals surface area (Å²) in [6, 6.07) is 19.8. The summed E-state index contributed by atoms with van der Waals surface area (Å²) in [5.74, 6) is 1.52. The zero-order valence-electron chi connectivity index (χ0n) is 18.6. The molecule has 0 bridgehead atoms. The summed E-state index contributed by atoms with van der Waals surface area (Å²) in [6.45, 7) is 7.99. The van der Waals surface area contributed by atoms with Crippen molar-refractivity contribution in [3.05, 3.63) is 71.9 Å². The van der Waals surface area contributed by atoms with E-state index >= 15 is 0 Å². The Bertz CT molecular complexity index is 969. The molecule has 0 aliphatic rings. The van der Waals surface area contributed by atoms with E-state index < -0.39 is 0 Å². The Morgan fingerprint density at radius 1 is 0.935 bits per heavy atom. The third-order valence-electron chi connectivity index (χ3n) is 5.07. The van der Waals surface area contributed by atoms with Crippen molar-refractivity contribution < 1.29 is 4.79 Å². The molecule has 3 rings (SSSR count). The van der Waals surface area contributed by atoms with E-state index in [1.807, 2.05) is 55.5 Å². The van der Waals surface area contributed by atoms with Crippen molar-refractivity contribution in [2.24, 2.45) is 0 Å². The first-order valence-electron chi connectivity index (χ1n) is 10.9. The zero-order valence-corrected chi connectivity index (χ0v) is 18.6.